The van der Waals surface area contributed by atoms with Crippen LogP contribution in [0.25, 0.3) is 10.7 Å². The lowest BCUT2D eigenvalue weighted by molar-refractivity contribution is 0.694. The highest BCUT2D eigenvalue weighted by Crippen LogP contribution is 2.25. The quantitative estimate of drug-likeness (QED) is 0.888. The van der Waals surface area contributed by atoms with Crippen molar-refractivity contribution in [1.82, 2.24) is 15.3 Å². The number of thiazole rings is 2. The fourth-order valence-electron chi connectivity index (χ4n) is 1.36. The molecular formula is C10H11N3S2. The zero-order valence-corrected chi connectivity index (χ0v) is 9.77. The molecule has 1 aliphatic carbocycles. The number of nitrogens with one attached hydrogen (secondary N) is 1. The topological polar surface area (TPSA) is 37.8 Å². The van der Waals surface area contributed by atoms with Gasteiger partial charge in [-0.2, -0.15) is 0 Å². The van der Waals surface area contributed by atoms with E-state index in [4.69, 9.17) is 0 Å². The van der Waals surface area contributed by atoms with Gasteiger partial charge < -0.3 is 5.32 Å². The number of rotatable bonds is 4. The van der Waals surface area contributed by atoms with Gasteiger partial charge in [0, 0.05) is 29.0 Å². The van der Waals surface area contributed by atoms with Gasteiger partial charge in [0.2, 0.25) is 0 Å². The Morgan fingerprint density at radius 3 is 3.07 bits per heavy atom. The molecule has 1 aliphatic rings. The second kappa shape index (κ2) is 4.00. The lowest BCUT2D eigenvalue weighted by Crippen LogP contribution is -2.14. The average molecular weight is 237 g/mol. The minimum absolute atomic E-state index is 0.759. The van der Waals surface area contributed by atoms with Gasteiger partial charge in [-0.3, -0.25) is 0 Å². The second-order valence-electron chi connectivity index (χ2n) is 3.66. The van der Waals surface area contributed by atoms with Crippen LogP contribution in [0.2, 0.25) is 0 Å². The summed E-state index contributed by atoms with van der Waals surface area (Å²) in [6.45, 7) is 0.951. The van der Waals surface area contributed by atoms with Crippen molar-refractivity contribution in [1.29, 1.82) is 0 Å². The lowest BCUT2D eigenvalue weighted by atomic mass is 10.5. The van der Waals surface area contributed by atoms with E-state index < -0.39 is 0 Å². The molecule has 5 heteroatoms. The Morgan fingerprint density at radius 1 is 1.40 bits per heavy atom. The standard InChI is InChI=1S/C10H11N3S2/c1-2-7(1)11-3-8-4-12-10(15-8)9-5-14-6-13-9/h4-7,11H,1-3H2. The van der Waals surface area contributed by atoms with Crippen molar-refractivity contribution >= 4 is 22.7 Å². The van der Waals surface area contributed by atoms with Gasteiger partial charge in [0.05, 0.1) is 5.51 Å². The molecular weight excluding hydrogens is 226 g/mol. The van der Waals surface area contributed by atoms with E-state index in [1.807, 2.05) is 17.1 Å². The van der Waals surface area contributed by atoms with Gasteiger partial charge >= 0.3 is 0 Å². The molecule has 0 atom stereocenters. The maximum atomic E-state index is 4.38. The molecule has 2 aromatic rings. The van der Waals surface area contributed by atoms with Gasteiger partial charge in [-0.1, -0.05) is 0 Å². The third-order valence-corrected chi connectivity index (χ3v) is 3.95. The Kier molecular flexibility index (Phi) is 2.52. The summed E-state index contributed by atoms with van der Waals surface area (Å²) in [5, 5.41) is 6.55. The van der Waals surface area contributed by atoms with Gasteiger partial charge in [-0.05, 0) is 12.8 Å². The van der Waals surface area contributed by atoms with Crippen LogP contribution in [0.1, 0.15) is 17.7 Å². The summed E-state index contributed by atoms with van der Waals surface area (Å²) in [5.74, 6) is 0. The number of nitrogens with zero attached hydrogens (tertiary/aromatic N) is 2. The van der Waals surface area contributed by atoms with Gasteiger partial charge in [0.1, 0.15) is 10.7 Å². The fraction of sp³-hybridized carbons (Fsp3) is 0.400. The van der Waals surface area contributed by atoms with Gasteiger partial charge in [0.25, 0.3) is 0 Å². The zero-order chi connectivity index (χ0) is 10.1. The zero-order valence-electron chi connectivity index (χ0n) is 8.14. The normalized spacial score (nSPS) is 15.7. The van der Waals surface area contributed by atoms with Crippen molar-refractivity contribution in [3.05, 3.63) is 22.0 Å². The van der Waals surface area contributed by atoms with Crippen molar-refractivity contribution in [3.63, 3.8) is 0 Å². The predicted octanol–water partition coefficient (Wildman–Crippen LogP) is 2.52. The molecule has 1 fully saturated rings. The molecule has 3 rings (SSSR count). The smallest absolute Gasteiger partial charge is 0.142 e. The van der Waals surface area contributed by atoms with Crippen LogP contribution in [-0.4, -0.2) is 16.0 Å². The molecule has 0 aromatic carbocycles. The minimum atomic E-state index is 0.759. The molecule has 0 saturated heterocycles. The maximum Gasteiger partial charge on any atom is 0.142 e. The molecule has 78 valence electrons. The molecule has 0 bridgehead atoms. The molecule has 2 heterocycles. The Hall–Kier alpha value is -0.780. The largest absolute Gasteiger partial charge is 0.309 e. The fourth-order valence-corrected chi connectivity index (χ4v) is 2.80. The molecule has 1 N–H and O–H groups in total. The van der Waals surface area contributed by atoms with E-state index in [2.05, 4.69) is 15.3 Å². The first-order valence-electron chi connectivity index (χ1n) is 4.98. The molecule has 0 aliphatic heterocycles. The number of aromatic nitrogens is 2. The maximum absolute atomic E-state index is 4.38. The van der Waals surface area contributed by atoms with Crippen LogP contribution in [0.3, 0.4) is 0 Å². The highest BCUT2D eigenvalue weighted by atomic mass is 32.1. The van der Waals surface area contributed by atoms with E-state index in [0.29, 0.717) is 0 Å². The molecule has 0 radical (unpaired) electrons. The monoisotopic (exact) mass is 237 g/mol. The number of hydrogen-bond acceptors (Lipinski definition) is 5. The first kappa shape index (κ1) is 9.45. The van der Waals surface area contributed by atoms with Gasteiger partial charge in [-0.25, -0.2) is 9.97 Å². The first-order chi connectivity index (χ1) is 7.42. The van der Waals surface area contributed by atoms with Crippen molar-refractivity contribution in [3.8, 4) is 10.7 Å². The van der Waals surface area contributed by atoms with Crippen LogP contribution in [0.15, 0.2) is 17.1 Å². The predicted molar refractivity (Wildman–Crippen MR) is 63.1 cm³/mol. The molecule has 3 nitrogen and oxygen atoms in total. The summed E-state index contributed by atoms with van der Waals surface area (Å²) in [5.41, 5.74) is 2.85. The summed E-state index contributed by atoms with van der Waals surface area (Å²) in [6, 6.07) is 0.759. The SMILES string of the molecule is c1nc(-c2ncc(CNC3CC3)s2)cs1. The van der Waals surface area contributed by atoms with Crippen molar-refractivity contribution in [2.75, 3.05) is 0 Å². The molecule has 15 heavy (non-hydrogen) atoms. The Balaban J connectivity index is 1.69. The van der Waals surface area contributed by atoms with Crippen LogP contribution in [0, 0.1) is 0 Å². The van der Waals surface area contributed by atoms with Crippen molar-refractivity contribution in [2.24, 2.45) is 0 Å². The second-order valence-corrected chi connectivity index (χ2v) is 5.49. The van der Waals surface area contributed by atoms with Crippen LogP contribution in [-0.2, 0) is 6.54 Å². The highest BCUT2D eigenvalue weighted by Gasteiger charge is 2.20. The summed E-state index contributed by atoms with van der Waals surface area (Å²) in [6.07, 6.45) is 4.62. The molecule has 0 spiro atoms. The highest BCUT2D eigenvalue weighted by molar-refractivity contribution is 7.15. The van der Waals surface area contributed by atoms with Crippen LogP contribution in [0.4, 0.5) is 0 Å². The molecule has 0 amide bonds. The Morgan fingerprint density at radius 2 is 2.33 bits per heavy atom. The van der Waals surface area contributed by atoms with E-state index in [0.717, 1.165) is 23.3 Å². The first-order valence-corrected chi connectivity index (χ1v) is 6.74. The van der Waals surface area contributed by atoms with Crippen LogP contribution in [0.5, 0.6) is 0 Å². The van der Waals surface area contributed by atoms with E-state index >= 15 is 0 Å². The number of hydrogen-bond donors (Lipinski definition) is 1. The van der Waals surface area contributed by atoms with Gasteiger partial charge in [-0.15, -0.1) is 22.7 Å². The van der Waals surface area contributed by atoms with Crippen LogP contribution < -0.4 is 5.32 Å². The third-order valence-electron chi connectivity index (χ3n) is 2.35. The average Bonchev–Trinajstić information content (AvgIpc) is 2.78. The van der Waals surface area contributed by atoms with Crippen molar-refractivity contribution in [2.45, 2.75) is 25.4 Å². The summed E-state index contributed by atoms with van der Waals surface area (Å²) in [7, 11) is 0. The van der Waals surface area contributed by atoms with E-state index in [9.17, 15) is 0 Å². The molecule has 1 saturated carbocycles. The molecule has 2 aromatic heterocycles. The van der Waals surface area contributed by atoms with E-state index in [-0.39, 0.29) is 0 Å². The minimum Gasteiger partial charge on any atom is -0.309 e. The van der Waals surface area contributed by atoms with E-state index in [1.165, 1.54) is 17.7 Å². The van der Waals surface area contributed by atoms with Crippen molar-refractivity contribution < 1.29 is 0 Å². The van der Waals surface area contributed by atoms with Gasteiger partial charge in [0.15, 0.2) is 0 Å². The van der Waals surface area contributed by atoms with Crippen LogP contribution >= 0.6 is 22.7 Å². The summed E-state index contributed by atoms with van der Waals surface area (Å²) in [4.78, 5) is 9.93. The summed E-state index contributed by atoms with van der Waals surface area (Å²) >= 11 is 3.34. The van der Waals surface area contributed by atoms with E-state index in [1.54, 1.807) is 22.7 Å². The Bertz CT molecular complexity index is 431. The lowest BCUT2D eigenvalue weighted by Gasteiger charge is -1.96. The Labute approximate surface area is 96.2 Å². The molecule has 0 unspecified atom stereocenters. The third kappa shape index (κ3) is 2.25. The summed E-state index contributed by atoms with van der Waals surface area (Å²) < 4.78 is 0.